The van der Waals surface area contributed by atoms with E-state index in [2.05, 4.69) is 34.6 Å². The highest BCUT2D eigenvalue weighted by Crippen LogP contribution is 2.67. The van der Waals surface area contributed by atoms with E-state index in [1.807, 2.05) is 12.1 Å². The highest BCUT2D eigenvalue weighted by molar-refractivity contribution is 5.50. The molecule has 0 aliphatic heterocycles. The summed E-state index contributed by atoms with van der Waals surface area (Å²) in [7, 11) is 0. The molecule has 1 aromatic rings. The number of aryl methyl sites for hydroxylation is 1. The summed E-state index contributed by atoms with van der Waals surface area (Å²) in [6.07, 6.45) is 6.06. The molecule has 1 aromatic carbocycles. The van der Waals surface area contributed by atoms with Gasteiger partial charge in [0.2, 0.25) is 0 Å². The first-order chi connectivity index (χ1) is 11.1. The molecular weight excluding hydrogens is 294 g/mol. The summed E-state index contributed by atoms with van der Waals surface area (Å²) in [5, 5.41) is 10.1. The maximum Gasteiger partial charge on any atom is 0.116 e. The van der Waals surface area contributed by atoms with Crippen molar-refractivity contribution >= 4 is 0 Å². The van der Waals surface area contributed by atoms with E-state index >= 15 is 0 Å². The Bertz CT molecular complexity index is 693. The van der Waals surface area contributed by atoms with Crippen LogP contribution in [-0.4, -0.2) is 11.1 Å². The van der Waals surface area contributed by atoms with Crippen LogP contribution in [0.3, 0.4) is 0 Å². The molecular formula is C22H33NO. The second kappa shape index (κ2) is 4.78. The Morgan fingerprint density at radius 1 is 1.04 bits per heavy atom. The molecule has 132 valence electrons. The molecule has 2 saturated carbocycles. The molecule has 0 radical (unpaired) electrons. The van der Waals surface area contributed by atoms with Crippen molar-refractivity contribution in [3.63, 3.8) is 0 Å². The van der Waals surface area contributed by atoms with Crippen LogP contribution in [0.2, 0.25) is 0 Å². The molecule has 0 amide bonds. The van der Waals surface area contributed by atoms with Gasteiger partial charge in [0.1, 0.15) is 5.75 Å². The highest BCUT2D eigenvalue weighted by Gasteiger charge is 2.62. The first-order valence-corrected chi connectivity index (χ1v) is 9.69. The second-order valence-electron chi connectivity index (χ2n) is 10.0. The Balaban J connectivity index is 1.83. The number of phenolic OH excluding ortho intramolecular Hbond substituents is 1. The average molecular weight is 328 g/mol. The van der Waals surface area contributed by atoms with Crippen molar-refractivity contribution in [1.82, 2.24) is 0 Å². The predicted molar refractivity (Wildman–Crippen MR) is 99.2 cm³/mol. The number of rotatable bonds is 0. The van der Waals surface area contributed by atoms with E-state index in [-0.39, 0.29) is 10.8 Å². The molecule has 0 aromatic heterocycles. The number of phenols is 1. The van der Waals surface area contributed by atoms with E-state index in [0.717, 1.165) is 12.8 Å². The van der Waals surface area contributed by atoms with Gasteiger partial charge in [-0.1, -0.05) is 27.7 Å². The van der Waals surface area contributed by atoms with Gasteiger partial charge in [-0.15, -0.1) is 0 Å². The van der Waals surface area contributed by atoms with Gasteiger partial charge in [-0.25, -0.2) is 0 Å². The Morgan fingerprint density at radius 2 is 1.75 bits per heavy atom. The minimum Gasteiger partial charge on any atom is -0.508 e. The zero-order valence-corrected chi connectivity index (χ0v) is 15.9. The van der Waals surface area contributed by atoms with E-state index in [0.29, 0.717) is 29.0 Å². The van der Waals surface area contributed by atoms with Crippen LogP contribution in [-0.2, 0) is 11.8 Å². The first-order valence-electron chi connectivity index (χ1n) is 9.69. The Hall–Kier alpha value is -1.02. The summed E-state index contributed by atoms with van der Waals surface area (Å²) >= 11 is 0. The number of benzene rings is 1. The minimum atomic E-state index is 0.223. The van der Waals surface area contributed by atoms with Crippen LogP contribution in [0.25, 0.3) is 0 Å². The first kappa shape index (κ1) is 16.4. The third-order valence-electron chi connectivity index (χ3n) is 8.56. The monoisotopic (exact) mass is 327 g/mol. The molecule has 5 atom stereocenters. The lowest BCUT2D eigenvalue weighted by atomic mass is 9.42. The van der Waals surface area contributed by atoms with Gasteiger partial charge >= 0.3 is 0 Å². The van der Waals surface area contributed by atoms with Crippen molar-refractivity contribution in [2.75, 3.05) is 0 Å². The maximum absolute atomic E-state index is 10.1. The number of hydrogen-bond donors (Lipinski definition) is 2. The Morgan fingerprint density at radius 3 is 2.46 bits per heavy atom. The standard InChI is InChI=1S/C22H33NO/c1-13-10-15(24)11-14-12-17-21(4)9-7-18(23)20(2,3)16(21)6-8-22(17,5)19(13)14/h10-11,16-18,24H,6-9,12,23H2,1-5H3/t16?,17-,18?,21+,22-/m0/s1. The van der Waals surface area contributed by atoms with Crippen molar-refractivity contribution in [2.45, 2.75) is 78.2 Å². The van der Waals surface area contributed by atoms with E-state index < -0.39 is 0 Å². The number of nitrogens with two attached hydrogens (primary N) is 1. The smallest absolute Gasteiger partial charge is 0.116 e. The highest BCUT2D eigenvalue weighted by atomic mass is 16.3. The molecule has 0 heterocycles. The summed E-state index contributed by atoms with van der Waals surface area (Å²) in [5.41, 5.74) is 11.6. The average Bonchev–Trinajstić information content (AvgIpc) is 2.77. The van der Waals surface area contributed by atoms with E-state index in [1.54, 1.807) is 0 Å². The topological polar surface area (TPSA) is 46.2 Å². The lowest BCUT2D eigenvalue weighted by Gasteiger charge is -2.62. The molecule has 3 aliphatic carbocycles. The normalized spacial score (nSPS) is 43.0. The largest absolute Gasteiger partial charge is 0.508 e. The molecule has 4 rings (SSSR count). The van der Waals surface area contributed by atoms with Gasteiger partial charge in [0.15, 0.2) is 0 Å². The fourth-order valence-corrected chi connectivity index (χ4v) is 7.38. The van der Waals surface area contributed by atoms with E-state index in [9.17, 15) is 5.11 Å². The molecule has 2 unspecified atom stereocenters. The van der Waals surface area contributed by atoms with Crippen molar-refractivity contribution in [1.29, 1.82) is 0 Å². The lowest BCUT2D eigenvalue weighted by Crippen LogP contribution is -2.60. The second-order valence-corrected chi connectivity index (χ2v) is 10.0. The summed E-state index contributed by atoms with van der Waals surface area (Å²) < 4.78 is 0. The van der Waals surface area contributed by atoms with Gasteiger partial charge in [0.05, 0.1) is 0 Å². The van der Waals surface area contributed by atoms with Crippen LogP contribution in [0.4, 0.5) is 0 Å². The molecule has 2 heteroatoms. The summed E-state index contributed by atoms with van der Waals surface area (Å²) in [4.78, 5) is 0. The predicted octanol–water partition coefficient (Wildman–Crippen LogP) is 4.69. The van der Waals surface area contributed by atoms with Crippen molar-refractivity contribution in [2.24, 2.45) is 28.4 Å². The molecule has 3 N–H and O–H groups in total. The SMILES string of the molecule is Cc1cc(O)cc2c1[C@@]1(C)CCC3C(C)(C)C(N)CC[C@@]3(C)[C@@H]1C2. The van der Waals surface area contributed by atoms with Crippen molar-refractivity contribution in [3.05, 3.63) is 28.8 Å². The van der Waals surface area contributed by atoms with Gasteiger partial charge in [-0.05, 0) is 95.9 Å². The molecule has 2 nitrogen and oxygen atoms in total. The van der Waals surface area contributed by atoms with Gasteiger partial charge in [-0.2, -0.15) is 0 Å². The van der Waals surface area contributed by atoms with Crippen LogP contribution >= 0.6 is 0 Å². The van der Waals surface area contributed by atoms with Gasteiger partial charge in [0, 0.05) is 6.04 Å². The molecule has 2 fully saturated rings. The summed E-state index contributed by atoms with van der Waals surface area (Å²) in [5.74, 6) is 1.81. The Labute approximate surface area is 146 Å². The fourth-order valence-electron chi connectivity index (χ4n) is 7.38. The summed E-state index contributed by atoms with van der Waals surface area (Å²) in [6.45, 7) is 12.0. The number of aromatic hydroxyl groups is 1. The maximum atomic E-state index is 10.1. The third kappa shape index (κ3) is 1.87. The third-order valence-corrected chi connectivity index (χ3v) is 8.56. The molecule has 0 saturated heterocycles. The zero-order valence-electron chi connectivity index (χ0n) is 15.9. The molecule has 0 bridgehead atoms. The van der Waals surface area contributed by atoms with E-state index in [1.165, 1.54) is 36.0 Å². The van der Waals surface area contributed by atoms with Gasteiger partial charge in [0.25, 0.3) is 0 Å². The van der Waals surface area contributed by atoms with Crippen LogP contribution in [0.15, 0.2) is 12.1 Å². The van der Waals surface area contributed by atoms with Crippen LogP contribution in [0, 0.1) is 29.6 Å². The zero-order chi connectivity index (χ0) is 17.5. The molecule has 0 spiro atoms. The van der Waals surface area contributed by atoms with Gasteiger partial charge < -0.3 is 10.8 Å². The molecule has 3 aliphatic rings. The summed E-state index contributed by atoms with van der Waals surface area (Å²) in [6, 6.07) is 4.32. The van der Waals surface area contributed by atoms with Crippen molar-refractivity contribution in [3.8, 4) is 5.75 Å². The minimum absolute atomic E-state index is 0.223. The Kier molecular flexibility index (Phi) is 3.28. The van der Waals surface area contributed by atoms with Crippen LogP contribution in [0.1, 0.15) is 70.1 Å². The number of hydrogen-bond acceptors (Lipinski definition) is 2. The van der Waals surface area contributed by atoms with Crippen LogP contribution < -0.4 is 5.73 Å². The van der Waals surface area contributed by atoms with Crippen LogP contribution in [0.5, 0.6) is 5.75 Å². The van der Waals surface area contributed by atoms with Gasteiger partial charge in [-0.3, -0.25) is 0 Å². The fraction of sp³-hybridized carbons (Fsp3) is 0.727. The quantitative estimate of drug-likeness (QED) is 0.726. The lowest BCUT2D eigenvalue weighted by molar-refractivity contribution is -0.107. The van der Waals surface area contributed by atoms with E-state index in [4.69, 9.17) is 5.73 Å². The molecule has 24 heavy (non-hydrogen) atoms. The van der Waals surface area contributed by atoms with Crippen molar-refractivity contribution < 1.29 is 5.11 Å². The number of fused-ring (bicyclic) bond motifs is 5.